The van der Waals surface area contributed by atoms with E-state index in [1.165, 1.54) is 5.69 Å². The Morgan fingerprint density at radius 1 is 1.06 bits per heavy atom. The summed E-state index contributed by atoms with van der Waals surface area (Å²) in [5.41, 5.74) is 1.23. The average molecular weight is 472 g/mol. The predicted molar refractivity (Wildman–Crippen MR) is 94.7 cm³/mol. The Bertz CT molecular complexity index is 848. The van der Waals surface area contributed by atoms with E-state index in [1.54, 1.807) is 6.20 Å². The third-order valence-electron chi connectivity index (χ3n) is 3.60. The highest BCUT2D eigenvalue weighted by Gasteiger charge is 2.38. The zero-order chi connectivity index (χ0) is 24.5. The van der Waals surface area contributed by atoms with Crippen LogP contribution in [0.3, 0.4) is 0 Å². The molecule has 2 aromatic rings. The van der Waals surface area contributed by atoms with Crippen LogP contribution in [0.2, 0.25) is 0 Å². The minimum Gasteiger partial charge on any atom is -0.475 e. The molecule has 32 heavy (non-hydrogen) atoms. The summed E-state index contributed by atoms with van der Waals surface area (Å²) in [6.07, 6.45) is -6.58. The van der Waals surface area contributed by atoms with Gasteiger partial charge >= 0.3 is 24.3 Å². The molecule has 0 aromatic carbocycles. The summed E-state index contributed by atoms with van der Waals surface area (Å²) in [6, 6.07) is 7.98. The molecule has 178 valence electrons. The first-order valence-electron chi connectivity index (χ1n) is 8.56. The summed E-state index contributed by atoms with van der Waals surface area (Å²) in [5.74, 6) is -4.85. The highest BCUT2D eigenvalue weighted by atomic mass is 19.4. The van der Waals surface area contributed by atoms with Gasteiger partial charge in [-0.2, -0.15) is 31.4 Å². The molecule has 0 radical (unpaired) electrons. The van der Waals surface area contributed by atoms with Gasteiger partial charge in [0, 0.05) is 31.5 Å². The Kier molecular flexibility index (Phi) is 9.43. The Morgan fingerprint density at radius 2 is 1.62 bits per heavy atom. The maximum Gasteiger partial charge on any atom is 0.490 e. The number of carbonyl (C=O) groups is 2. The van der Waals surface area contributed by atoms with Crippen molar-refractivity contribution >= 4 is 11.9 Å². The van der Waals surface area contributed by atoms with Crippen molar-refractivity contribution in [3.63, 3.8) is 0 Å². The second kappa shape index (κ2) is 11.3. The van der Waals surface area contributed by atoms with Gasteiger partial charge in [0.05, 0.1) is 11.7 Å². The van der Waals surface area contributed by atoms with Gasteiger partial charge in [-0.05, 0) is 19.2 Å². The first-order valence-corrected chi connectivity index (χ1v) is 8.56. The third kappa shape index (κ3) is 9.20. The molecule has 1 unspecified atom stereocenters. The molecular formula is C17H18F6N4O5. The van der Waals surface area contributed by atoms with E-state index >= 15 is 0 Å². The second-order valence-electron chi connectivity index (χ2n) is 6.20. The quantitative estimate of drug-likeness (QED) is 0.655. The number of fused-ring (bicyclic) bond motifs is 1. The largest absolute Gasteiger partial charge is 0.490 e. The Hall–Kier alpha value is -3.36. The molecule has 1 aliphatic rings. The van der Waals surface area contributed by atoms with E-state index in [-0.39, 0.29) is 6.04 Å². The van der Waals surface area contributed by atoms with E-state index in [0.29, 0.717) is 12.5 Å². The number of likely N-dealkylation sites (N-methyl/N-ethyl adjacent to an activating group) is 1. The van der Waals surface area contributed by atoms with E-state index in [4.69, 9.17) is 24.5 Å². The summed E-state index contributed by atoms with van der Waals surface area (Å²) in [7, 11) is 2.12. The Morgan fingerprint density at radius 3 is 2.09 bits per heavy atom. The summed E-state index contributed by atoms with van der Waals surface area (Å²) in [6.45, 7) is 2.48. The van der Waals surface area contributed by atoms with Gasteiger partial charge in [0.15, 0.2) is 0 Å². The van der Waals surface area contributed by atoms with Crippen molar-refractivity contribution in [1.29, 1.82) is 0 Å². The average Bonchev–Trinajstić information content (AvgIpc) is 3.15. The maximum absolute atomic E-state index is 10.6. The van der Waals surface area contributed by atoms with Crippen LogP contribution in [0.4, 0.5) is 26.3 Å². The number of halogens is 6. The molecule has 0 saturated carbocycles. The lowest BCUT2D eigenvalue weighted by molar-refractivity contribution is -0.193. The fourth-order valence-electron chi connectivity index (χ4n) is 2.31. The molecule has 3 heterocycles. The molecule has 15 heteroatoms. The van der Waals surface area contributed by atoms with E-state index in [1.807, 2.05) is 24.4 Å². The highest BCUT2D eigenvalue weighted by Crippen LogP contribution is 2.20. The van der Waals surface area contributed by atoms with Gasteiger partial charge in [-0.3, -0.25) is 9.58 Å². The van der Waals surface area contributed by atoms with Gasteiger partial charge in [0.25, 0.3) is 0 Å². The molecule has 3 rings (SSSR count). The summed E-state index contributed by atoms with van der Waals surface area (Å²) in [5, 5.41) is 18.6. The topological polar surface area (TPSA) is 118 Å². The van der Waals surface area contributed by atoms with Crippen LogP contribution in [0.5, 0.6) is 5.88 Å². The van der Waals surface area contributed by atoms with Crippen LogP contribution in [0, 0.1) is 0 Å². The normalized spacial score (nSPS) is 15.9. The van der Waals surface area contributed by atoms with E-state index in [0.717, 1.165) is 13.1 Å². The van der Waals surface area contributed by atoms with Crippen LogP contribution < -0.4 is 4.74 Å². The monoisotopic (exact) mass is 472 g/mol. The minimum atomic E-state index is -5.08. The number of carboxylic acids is 2. The maximum atomic E-state index is 10.6. The molecular weight excluding hydrogens is 454 g/mol. The van der Waals surface area contributed by atoms with Crippen molar-refractivity contribution in [1.82, 2.24) is 19.7 Å². The molecule has 0 fully saturated rings. The predicted octanol–water partition coefficient (Wildman–Crippen LogP) is 2.61. The number of aliphatic carboxylic acids is 2. The first-order chi connectivity index (χ1) is 14.7. The van der Waals surface area contributed by atoms with Crippen LogP contribution in [0.1, 0.15) is 11.7 Å². The van der Waals surface area contributed by atoms with Crippen LogP contribution in [0.15, 0.2) is 36.7 Å². The first kappa shape index (κ1) is 26.7. The molecule has 0 amide bonds. The number of pyridine rings is 1. The van der Waals surface area contributed by atoms with Crippen molar-refractivity contribution < 1.29 is 50.9 Å². The van der Waals surface area contributed by atoms with Crippen molar-refractivity contribution in [2.24, 2.45) is 0 Å². The molecule has 9 nitrogen and oxygen atoms in total. The number of hydrogen-bond acceptors (Lipinski definition) is 6. The summed E-state index contributed by atoms with van der Waals surface area (Å²) >= 11 is 0. The van der Waals surface area contributed by atoms with Crippen LogP contribution in [-0.4, -0.2) is 74.4 Å². The lowest BCUT2D eigenvalue weighted by Gasteiger charge is -2.31. The molecule has 1 atom stereocenters. The van der Waals surface area contributed by atoms with Gasteiger partial charge in [0.2, 0.25) is 5.88 Å². The number of alkyl halides is 6. The van der Waals surface area contributed by atoms with Gasteiger partial charge < -0.3 is 14.9 Å². The van der Waals surface area contributed by atoms with Crippen LogP contribution in [-0.2, 0) is 16.1 Å². The molecule has 0 saturated heterocycles. The molecule has 0 aliphatic carbocycles. The zero-order valence-corrected chi connectivity index (χ0v) is 16.3. The van der Waals surface area contributed by atoms with E-state index in [9.17, 15) is 26.3 Å². The SMILES string of the molecule is CN1Cc2ccnn2C(COc2ccccn2)C1.O=C(O)C(F)(F)F.O=C(O)C(F)(F)F. The zero-order valence-electron chi connectivity index (χ0n) is 16.3. The number of carboxylic acid groups (broad SMARTS) is 2. The van der Waals surface area contributed by atoms with Crippen molar-refractivity contribution in [2.45, 2.75) is 24.9 Å². The van der Waals surface area contributed by atoms with Gasteiger partial charge in [0.1, 0.15) is 6.61 Å². The second-order valence-corrected chi connectivity index (χ2v) is 6.20. The van der Waals surface area contributed by atoms with E-state index < -0.39 is 24.3 Å². The lowest BCUT2D eigenvalue weighted by atomic mass is 10.2. The molecule has 0 bridgehead atoms. The van der Waals surface area contributed by atoms with Gasteiger partial charge in [-0.15, -0.1) is 0 Å². The number of aromatic nitrogens is 3. The van der Waals surface area contributed by atoms with Crippen molar-refractivity contribution in [2.75, 3.05) is 20.2 Å². The number of hydrogen-bond donors (Lipinski definition) is 2. The highest BCUT2D eigenvalue weighted by molar-refractivity contribution is 5.73. The number of rotatable bonds is 3. The van der Waals surface area contributed by atoms with E-state index in [2.05, 4.69) is 32.8 Å². The van der Waals surface area contributed by atoms with Gasteiger partial charge in [-0.25, -0.2) is 14.6 Å². The smallest absolute Gasteiger partial charge is 0.475 e. The minimum absolute atomic E-state index is 0.246. The molecule has 2 N–H and O–H groups in total. The van der Waals surface area contributed by atoms with Crippen molar-refractivity contribution in [3.8, 4) is 5.88 Å². The van der Waals surface area contributed by atoms with Crippen molar-refractivity contribution in [3.05, 3.63) is 42.4 Å². The van der Waals surface area contributed by atoms with Crippen LogP contribution in [0.25, 0.3) is 0 Å². The summed E-state index contributed by atoms with van der Waals surface area (Å²) in [4.78, 5) is 24.2. The lowest BCUT2D eigenvalue weighted by Crippen LogP contribution is -2.37. The number of nitrogens with zero attached hydrogens (tertiary/aromatic N) is 4. The molecule has 1 aliphatic heterocycles. The summed E-state index contributed by atoms with van der Waals surface area (Å²) < 4.78 is 71.3. The standard InChI is InChI=1S/C13H16N4O.2C2HF3O2/c1-16-8-11-5-7-15-17(11)12(9-16)10-18-13-4-2-3-6-14-13;2*3-2(4,5)1(6)7/h2-7,12H,8-10H2,1H3;2*(H,6,7). The fraction of sp³-hybridized carbons (Fsp3) is 0.412. The van der Waals surface area contributed by atoms with Crippen LogP contribution >= 0.6 is 0 Å². The fourth-order valence-corrected chi connectivity index (χ4v) is 2.31. The Balaban J connectivity index is 0.000000305. The Labute approximate surface area is 176 Å². The van der Waals surface area contributed by atoms with Gasteiger partial charge in [-0.1, -0.05) is 6.07 Å². The molecule has 2 aromatic heterocycles. The number of ether oxygens (including phenoxy) is 1. The molecule has 0 spiro atoms. The third-order valence-corrected chi connectivity index (χ3v) is 3.60.